The fraction of sp³-hybridized carbons (Fsp3) is 0.211. The largest absolute Gasteiger partial charge is 0.479 e. The number of hydrogen-bond acceptors (Lipinski definition) is 4. The SMILES string of the molecule is CN(CC(=O)N[C@H](C(=O)O)c1ccccc1)C(=O)OCc1ccccc1. The molecule has 0 aromatic heterocycles. The van der Waals surface area contributed by atoms with Crippen molar-refractivity contribution in [2.75, 3.05) is 13.6 Å². The minimum Gasteiger partial charge on any atom is -0.479 e. The Balaban J connectivity index is 1.87. The quantitative estimate of drug-likeness (QED) is 0.793. The minimum atomic E-state index is -1.18. The molecule has 0 spiro atoms. The van der Waals surface area contributed by atoms with E-state index < -0.39 is 24.0 Å². The van der Waals surface area contributed by atoms with Crippen LogP contribution in [0.5, 0.6) is 0 Å². The summed E-state index contributed by atoms with van der Waals surface area (Å²) in [6, 6.07) is 16.3. The first-order valence-corrected chi connectivity index (χ1v) is 7.96. The number of carbonyl (C=O) groups excluding carboxylic acids is 2. The van der Waals surface area contributed by atoms with Gasteiger partial charge in [-0.15, -0.1) is 0 Å². The molecular weight excluding hydrogens is 336 g/mol. The van der Waals surface area contributed by atoms with Gasteiger partial charge < -0.3 is 20.1 Å². The second kappa shape index (κ2) is 9.22. The standard InChI is InChI=1S/C19H20N2O5/c1-21(19(25)26-13-14-8-4-2-5-9-14)12-16(22)20-17(18(23)24)15-10-6-3-7-11-15/h2-11,17H,12-13H2,1H3,(H,20,22)(H,23,24)/t17-/m0/s1. The highest BCUT2D eigenvalue weighted by Crippen LogP contribution is 2.12. The molecule has 0 aliphatic carbocycles. The maximum absolute atomic E-state index is 12.1. The summed E-state index contributed by atoms with van der Waals surface area (Å²) in [4.78, 5) is 36.5. The van der Waals surface area contributed by atoms with Gasteiger partial charge in [-0.25, -0.2) is 9.59 Å². The van der Waals surface area contributed by atoms with Crippen LogP contribution in [0.2, 0.25) is 0 Å². The van der Waals surface area contributed by atoms with Crippen LogP contribution in [0.3, 0.4) is 0 Å². The van der Waals surface area contributed by atoms with Crippen LogP contribution in [-0.2, 0) is 20.9 Å². The maximum Gasteiger partial charge on any atom is 0.410 e. The van der Waals surface area contributed by atoms with E-state index in [4.69, 9.17) is 4.74 Å². The number of carboxylic acids is 1. The number of benzene rings is 2. The molecule has 2 amide bonds. The lowest BCUT2D eigenvalue weighted by Gasteiger charge is -2.19. The Morgan fingerprint density at radius 3 is 2.19 bits per heavy atom. The first-order valence-electron chi connectivity index (χ1n) is 7.96. The van der Waals surface area contributed by atoms with Crippen molar-refractivity contribution in [3.63, 3.8) is 0 Å². The van der Waals surface area contributed by atoms with Crippen LogP contribution >= 0.6 is 0 Å². The third kappa shape index (κ3) is 5.62. The first-order chi connectivity index (χ1) is 12.5. The lowest BCUT2D eigenvalue weighted by Crippen LogP contribution is -2.42. The average Bonchev–Trinajstić information content (AvgIpc) is 2.65. The topological polar surface area (TPSA) is 95.9 Å². The fourth-order valence-corrected chi connectivity index (χ4v) is 2.25. The van der Waals surface area contributed by atoms with E-state index >= 15 is 0 Å². The molecule has 0 aliphatic rings. The van der Waals surface area contributed by atoms with Gasteiger partial charge in [0.1, 0.15) is 13.2 Å². The fourth-order valence-electron chi connectivity index (χ4n) is 2.25. The number of carboxylic acid groups (broad SMARTS) is 1. The Bertz CT molecular complexity index is 749. The van der Waals surface area contributed by atoms with E-state index in [9.17, 15) is 19.5 Å². The number of ether oxygens (including phenoxy) is 1. The monoisotopic (exact) mass is 356 g/mol. The summed E-state index contributed by atoms with van der Waals surface area (Å²) in [6.07, 6.45) is -0.671. The van der Waals surface area contributed by atoms with Crippen LogP contribution in [0.4, 0.5) is 4.79 Å². The van der Waals surface area contributed by atoms with Crippen molar-refractivity contribution in [3.8, 4) is 0 Å². The summed E-state index contributed by atoms with van der Waals surface area (Å²) in [5.41, 5.74) is 1.27. The van der Waals surface area contributed by atoms with E-state index in [1.165, 1.54) is 7.05 Å². The number of likely N-dealkylation sites (N-methyl/N-ethyl adjacent to an activating group) is 1. The van der Waals surface area contributed by atoms with Gasteiger partial charge in [-0.1, -0.05) is 60.7 Å². The highest BCUT2D eigenvalue weighted by molar-refractivity contribution is 5.87. The Hall–Kier alpha value is -3.35. The van der Waals surface area contributed by atoms with Gasteiger partial charge in [0.2, 0.25) is 5.91 Å². The van der Waals surface area contributed by atoms with Gasteiger partial charge in [0.15, 0.2) is 6.04 Å². The molecule has 0 saturated heterocycles. The third-order valence-electron chi connectivity index (χ3n) is 3.58. The summed E-state index contributed by atoms with van der Waals surface area (Å²) in [5, 5.41) is 11.7. The number of hydrogen-bond donors (Lipinski definition) is 2. The predicted octanol–water partition coefficient (Wildman–Crippen LogP) is 2.20. The lowest BCUT2D eigenvalue weighted by molar-refractivity contribution is -0.142. The molecule has 26 heavy (non-hydrogen) atoms. The molecule has 0 radical (unpaired) electrons. The molecule has 2 N–H and O–H groups in total. The van der Waals surface area contributed by atoms with Gasteiger partial charge in [0.05, 0.1) is 0 Å². The van der Waals surface area contributed by atoms with Crippen molar-refractivity contribution >= 4 is 18.0 Å². The summed E-state index contributed by atoms with van der Waals surface area (Å²) >= 11 is 0. The Morgan fingerprint density at radius 2 is 1.62 bits per heavy atom. The van der Waals surface area contributed by atoms with Crippen molar-refractivity contribution < 1.29 is 24.2 Å². The number of rotatable bonds is 7. The van der Waals surface area contributed by atoms with Crippen molar-refractivity contribution in [2.24, 2.45) is 0 Å². The first kappa shape index (κ1) is 19.0. The molecule has 0 aliphatic heterocycles. The predicted molar refractivity (Wildman–Crippen MR) is 94.2 cm³/mol. The highest BCUT2D eigenvalue weighted by Gasteiger charge is 2.23. The number of aliphatic carboxylic acids is 1. The smallest absolute Gasteiger partial charge is 0.410 e. The van der Waals surface area contributed by atoms with Crippen LogP contribution in [0, 0.1) is 0 Å². The van der Waals surface area contributed by atoms with Gasteiger partial charge in [-0.2, -0.15) is 0 Å². The van der Waals surface area contributed by atoms with E-state index in [-0.39, 0.29) is 13.2 Å². The normalized spacial score (nSPS) is 11.3. The third-order valence-corrected chi connectivity index (χ3v) is 3.58. The number of carbonyl (C=O) groups is 3. The van der Waals surface area contributed by atoms with Crippen LogP contribution in [0.15, 0.2) is 60.7 Å². The van der Waals surface area contributed by atoms with Crippen molar-refractivity contribution in [3.05, 3.63) is 71.8 Å². The summed E-state index contributed by atoms with van der Waals surface area (Å²) < 4.78 is 5.12. The molecule has 1 atom stereocenters. The molecular formula is C19H20N2O5. The summed E-state index contributed by atoms with van der Waals surface area (Å²) in [6.45, 7) is -0.225. The summed E-state index contributed by atoms with van der Waals surface area (Å²) in [5.74, 6) is -1.78. The van der Waals surface area contributed by atoms with Gasteiger partial charge in [0.25, 0.3) is 0 Å². The molecule has 2 rings (SSSR count). The molecule has 0 fully saturated rings. The zero-order valence-corrected chi connectivity index (χ0v) is 14.3. The minimum absolute atomic E-state index is 0.0907. The van der Waals surface area contributed by atoms with Crippen molar-refractivity contribution in [1.82, 2.24) is 10.2 Å². The Labute approximate surface area is 151 Å². The van der Waals surface area contributed by atoms with Crippen LogP contribution in [0.25, 0.3) is 0 Å². The van der Waals surface area contributed by atoms with E-state index in [1.807, 2.05) is 30.3 Å². The molecule has 7 nitrogen and oxygen atoms in total. The molecule has 0 saturated carbocycles. The zero-order valence-electron chi connectivity index (χ0n) is 14.3. The Morgan fingerprint density at radius 1 is 1.04 bits per heavy atom. The average molecular weight is 356 g/mol. The van der Waals surface area contributed by atoms with E-state index in [0.29, 0.717) is 5.56 Å². The Kier molecular flexibility index (Phi) is 6.73. The molecule has 2 aromatic rings. The second-order valence-corrected chi connectivity index (χ2v) is 5.65. The number of amides is 2. The summed E-state index contributed by atoms with van der Waals surface area (Å²) in [7, 11) is 1.41. The lowest BCUT2D eigenvalue weighted by atomic mass is 10.1. The van der Waals surface area contributed by atoms with Crippen LogP contribution in [-0.4, -0.2) is 41.6 Å². The highest BCUT2D eigenvalue weighted by atomic mass is 16.6. The van der Waals surface area contributed by atoms with Crippen LogP contribution in [0.1, 0.15) is 17.2 Å². The number of nitrogens with one attached hydrogen (secondary N) is 1. The van der Waals surface area contributed by atoms with E-state index in [0.717, 1.165) is 10.5 Å². The zero-order chi connectivity index (χ0) is 18.9. The molecule has 7 heteroatoms. The molecule has 0 unspecified atom stereocenters. The molecule has 136 valence electrons. The van der Waals surface area contributed by atoms with Gasteiger partial charge in [-0.3, -0.25) is 4.79 Å². The maximum atomic E-state index is 12.1. The molecule has 2 aromatic carbocycles. The van der Waals surface area contributed by atoms with Crippen LogP contribution < -0.4 is 5.32 Å². The van der Waals surface area contributed by atoms with E-state index in [2.05, 4.69) is 5.32 Å². The van der Waals surface area contributed by atoms with Crippen molar-refractivity contribution in [2.45, 2.75) is 12.6 Å². The molecule has 0 heterocycles. The van der Waals surface area contributed by atoms with Crippen molar-refractivity contribution in [1.29, 1.82) is 0 Å². The second-order valence-electron chi connectivity index (χ2n) is 5.65. The molecule has 0 bridgehead atoms. The van der Waals surface area contributed by atoms with Gasteiger partial charge >= 0.3 is 12.1 Å². The van der Waals surface area contributed by atoms with Gasteiger partial charge in [-0.05, 0) is 11.1 Å². The van der Waals surface area contributed by atoms with E-state index in [1.54, 1.807) is 30.3 Å². The number of nitrogens with zero attached hydrogens (tertiary/aromatic N) is 1. The van der Waals surface area contributed by atoms with Gasteiger partial charge in [0, 0.05) is 7.05 Å².